The van der Waals surface area contributed by atoms with E-state index in [4.69, 9.17) is 11.0 Å². The van der Waals surface area contributed by atoms with Crippen LogP contribution in [0.3, 0.4) is 0 Å². The maximum atomic E-state index is 13.1. The van der Waals surface area contributed by atoms with Gasteiger partial charge in [-0.05, 0) is 15.9 Å². The Balaban J connectivity index is 3.59. The van der Waals surface area contributed by atoms with Crippen molar-refractivity contribution in [3.8, 4) is 6.07 Å². The molecule has 72 valence electrons. The predicted octanol–water partition coefficient (Wildman–Crippen LogP) is 1.95. The van der Waals surface area contributed by atoms with Gasteiger partial charge in [0.25, 0.3) is 5.69 Å². The minimum absolute atomic E-state index is 0.261. The molecule has 1 rings (SSSR count). The van der Waals surface area contributed by atoms with E-state index >= 15 is 0 Å². The van der Waals surface area contributed by atoms with Crippen LogP contribution in [0.15, 0.2) is 10.5 Å². The first kappa shape index (κ1) is 10.4. The number of nitrogens with zero attached hydrogens (tertiary/aromatic N) is 2. The molecule has 0 heterocycles. The van der Waals surface area contributed by atoms with Crippen LogP contribution >= 0.6 is 15.9 Å². The highest BCUT2D eigenvalue weighted by Crippen LogP contribution is 2.33. The van der Waals surface area contributed by atoms with Crippen LogP contribution in [0.1, 0.15) is 5.56 Å². The lowest BCUT2D eigenvalue weighted by atomic mass is 10.2. The third kappa shape index (κ3) is 1.52. The molecule has 0 spiro atoms. The number of nitrogens with two attached hydrogens (primary N) is 1. The van der Waals surface area contributed by atoms with Gasteiger partial charge in [0.15, 0.2) is 5.82 Å². The first-order valence-corrected chi connectivity index (χ1v) is 4.10. The Hall–Kier alpha value is -1.68. The van der Waals surface area contributed by atoms with Crippen molar-refractivity contribution in [3.63, 3.8) is 0 Å². The molecule has 0 amide bonds. The van der Waals surface area contributed by atoms with E-state index in [0.717, 1.165) is 6.07 Å². The van der Waals surface area contributed by atoms with Crippen molar-refractivity contribution < 1.29 is 9.31 Å². The van der Waals surface area contributed by atoms with Crippen LogP contribution in [0.2, 0.25) is 0 Å². The first-order chi connectivity index (χ1) is 6.49. The van der Waals surface area contributed by atoms with E-state index in [1.54, 1.807) is 0 Å². The molecule has 0 radical (unpaired) electrons. The molecule has 0 unspecified atom stereocenters. The molecular weight excluding hydrogens is 257 g/mol. The summed E-state index contributed by atoms with van der Waals surface area (Å²) in [6, 6.07) is 2.29. The summed E-state index contributed by atoms with van der Waals surface area (Å²) in [6.07, 6.45) is 0. The van der Waals surface area contributed by atoms with Crippen molar-refractivity contribution in [1.29, 1.82) is 5.26 Å². The molecule has 0 saturated carbocycles. The molecule has 0 fully saturated rings. The van der Waals surface area contributed by atoms with Gasteiger partial charge in [-0.2, -0.15) is 5.26 Å². The van der Waals surface area contributed by atoms with Gasteiger partial charge in [0, 0.05) is 6.07 Å². The lowest BCUT2D eigenvalue weighted by Crippen LogP contribution is -2.00. The van der Waals surface area contributed by atoms with E-state index in [0.29, 0.717) is 0 Å². The van der Waals surface area contributed by atoms with Gasteiger partial charge in [-0.15, -0.1) is 0 Å². The minimum atomic E-state index is -0.893. The molecule has 0 saturated heterocycles. The molecule has 1 aromatic carbocycles. The van der Waals surface area contributed by atoms with E-state index < -0.39 is 22.0 Å². The molecule has 0 bridgehead atoms. The maximum absolute atomic E-state index is 13.1. The second-order valence-electron chi connectivity index (χ2n) is 2.35. The van der Waals surface area contributed by atoms with E-state index in [1.165, 1.54) is 6.07 Å². The molecule has 1 aromatic rings. The van der Waals surface area contributed by atoms with Gasteiger partial charge in [0.05, 0.1) is 15.0 Å². The highest BCUT2D eigenvalue weighted by molar-refractivity contribution is 9.10. The highest BCUT2D eigenvalue weighted by atomic mass is 79.9. The topological polar surface area (TPSA) is 92.9 Å². The summed E-state index contributed by atoms with van der Waals surface area (Å²) in [4.78, 5) is 9.65. The highest BCUT2D eigenvalue weighted by Gasteiger charge is 2.21. The molecular formula is C7H3BrFN3O2. The molecule has 7 heteroatoms. The molecule has 5 nitrogen and oxygen atoms in total. The normalized spacial score (nSPS) is 9.50. The molecule has 0 aromatic heterocycles. The van der Waals surface area contributed by atoms with Crippen LogP contribution in [0.5, 0.6) is 0 Å². The summed E-state index contributed by atoms with van der Waals surface area (Å²) in [6.45, 7) is 0. The van der Waals surface area contributed by atoms with Crippen molar-refractivity contribution in [2.45, 2.75) is 0 Å². The van der Waals surface area contributed by atoms with E-state index in [2.05, 4.69) is 15.9 Å². The van der Waals surface area contributed by atoms with Crippen LogP contribution in [0.4, 0.5) is 15.8 Å². The largest absolute Gasteiger partial charge is 0.392 e. The van der Waals surface area contributed by atoms with Crippen molar-refractivity contribution in [2.75, 3.05) is 5.73 Å². The Morgan fingerprint density at radius 3 is 2.71 bits per heavy atom. The number of anilines is 1. The van der Waals surface area contributed by atoms with Crippen LogP contribution in [0.25, 0.3) is 0 Å². The Bertz CT molecular complexity index is 455. The summed E-state index contributed by atoms with van der Waals surface area (Å²) < 4.78 is 12.9. The number of hydrogen-bond donors (Lipinski definition) is 1. The zero-order valence-electron chi connectivity index (χ0n) is 6.62. The van der Waals surface area contributed by atoms with E-state index in [9.17, 15) is 14.5 Å². The Morgan fingerprint density at radius 1 is 1.71 bits per heavy atom. The number of benzene rings is 1. The van der Waals surface area contributed by atoms with Crippen molar-refractivity contribution in [1.82, 2.24) is 0 Å². The molecule has 0 atom stereocenters. The number of nitro benzene ring substituents is 1. The van der Waals surface area contributed by atoms with Gasteiger partial charge in [-0.3, -0.25) is 10.1 Å². The third-order valence-corrected chi connectivity index (χ3v) is 2.32. The predicted molar refractivity (Wildman–Crippen MR) is 49.9 cm³/mol. The summed E-state index contributed by atoms with van der Waals surface area (Å²) >= 11 is 2.73. The summed E-state index contributed by atoms with van der Waals surface area (Å²) in [5, 5.41) is 18.9. The minimum Gasteiger partial charge on any atom is -0.392 e. The maximum Gasteiger partial charge on any atom is 0.294 e. The average Bonchev–Trinajstić information content (AvgIpc) is 2.14. The summed E-state index contributed by atoms with van der Waals surface area (Å²) in [7, 11) is 0. The number of nitro groups is 1. The zero-order valence-corrected chi connectivity index (χ0v) is 8.21. The van der Waals surface area contributed by atoms with Crippen molar-refractivity contribution in [2.24, 2.45) is 0 Å². The Morgan fingerprint density at radius 2 is 2.29 bits per heavy atom. The van der Waals surface area contributed by atoms with Gasteiger partial charge < -0.3 is 5.73 Å². The second kappa shape index (κ2) is 3.59. The number of halogens is 2. The van der Waals surface area contributed by atoms with Crippen LogP contribution in [0, 0.1) is 27.3 Å². The van der Waals surface area contributed by atoms with Crippen molar-refractivity contribution in [3.05, 3.63) is 32.0 Å². The lowest BCUT2D eigenvalue weighted by Gasteiger charge is -2.02. The second-order valence-corrected chi connectivity index (χ2v) is 3.15. The lowest BCUT2D eigenvalue weighted by molar-refractivity contribution is -0.384. The fourth-order valence-electron chi connectivity index (χ4n) is 0.859. The van der Waals surface area contributed by atoms with E-state index in [-0.39, 0.29) is 10.2 Å². The van der Waals surface area contributed by atoms with Crippen LogP contribution < -0.4 is 5.73 Å². The zero-order chi connectivity index (χ0) is 10.9. The van der Waals surface area contributed by atoms with Crippen LogP contribution in [-0.4, -0.2) is 4.92 Å². The number of rotatable bonds is 1. The summed E-state index contributed by atoms with van der Waals surface area (Å²) in [5.74, 6) is -0.893. The fourth-order valence-corrected chi connectivity index (χ4v) is 1.28. The number of hydrogen-bond acceptors (Lipinski definition) is 4. The van der Waals surface area contributed by atoms with Gasteiger partial charge >= 0.3 is 0 Å². The molecule has 14 heavy (non-hydrogen) atoms. The molecule has 0 aliphatic carbocycles. The van der Waals surface area contributed by atoms with Crippen molar-refractivity contribution >= 4 is 27.3 Å². The van der Waals surface area contributed by atoms with Gasteiger partial charge in [-0.1, -0.05) is 0 Å². The van der Waals surface area contributed by atoms with Gasteiger partial charge in [0.2, 0.25) is 0 Å². The quantitative estimate of drug-likeness (QED) is 0.474. The standard InChI is InChI=1S/C7H3BrFN3O2/c8-5-6(9)3(2-10)1-4(7(5)11)12(13)14/h1H,11H2. The summed E-state index contributed by atoms with van der Waals surface area (Å²) in [5.41, 5.74) is 4.03. The number of nitrogen functional groups attached to an aromatic ring is 1. The first-order valence-electron chi connectivity index (χ1n) is 3.31. The monoisotopic (exact) mass is 259 g/mol. The number of nitriles is 1. The van der Waals surface area contributed by atoms with Gasteiger partial charge in [0.1, 0.15) is 11.8 Å². The van der Waals surface area contributed by atoms with Gasteiger partial charge in [-0.25, -0.2) is 4.39 Å². The average molecular weight is 260 g/mol. The SMILES string of the molecule is N#Cc1cc([N+](=O)[O-])c(N)c(Br)c1F. The molecule has 0 aliphatic heterocycles. The Labute approximate surface area is 86.2 Å². The van der Waals surface area contributed by atoms with E-state index in [1.807, 2.05) is 0 Å². The Kier molecular flexibility index (Phi) is 2.67. The molecule has 0 aliphatic rings. The third-order valence-electron chi connectivity index (χ3n) is 1.54. The smallest absolute Gasteiger partial charge is 0.294 e. The fraction of sp³-hybridized carbons (Fsp3) is 0. The van der Waals surface area contributed by atoms with Crippen LogP contribution in [-0.2, 0) is 0 Å². The molecule has 2 N–H and O–H groups in total.